The summed E-state index contributed by atoms with van der Waals surface area (Å²) in [7, 11) is 1.74. The molecule has 1 aliphatic carbocycles. The molecule has 0 heterocycles. The molecule has 1 aromatic rings. The molecule has 4 nitrogen and oxygen atoms in total. The highest BCUT2D eigenvalue weighted by molar-refractivity contribution is 6.03. The minimum atomic E-state index is -0.179. The Morgan fingerprint density at radius 3 is 2.80 bits per heavy atom. The van der Waals surface area contributed by atoms with Crippen molar-refractivity contribution in [3.8, 4) is 11.5 Å². The summed E-state index contributed by atoms with van der Waals surface area (Å²) in [5.74, 6) is -0.339. The summed E-state index contributed by atoms with van der Waals surface area (Å²) in [5, 5.41) is 21.8. The molecule has 1 aromatic carbocycles. The Morgan fingerprint density at radius 1 is 1.40 bits per heavy atom. The number of phenolic OH excluding ortho intramolecular Hbond substituents is 2. The van der Waals surface area contributed by atoms with Gasteiger partial charge in [-0.1, -0.05) is 0 Å². The van der Waals surface area contributed by atoms with Crippen LogP contribution in [0.15, 0.2) is 12.1 Å². The standard InChI is InChI=1S/C11H13NO3/c1-12-8-4-2-7-6(10(8)14)3-5-9(13)11(7)15/h3,5,8,12-13,15H,2,4H2,1H3/t8-/m1/s1. The molecule has 3 N–H and O–H groups in total. The molecule has 0 fully saturated rings. The Hall–Kier alpha value is -1.55. The predicted molar refractivity (Wildman–Crippen MR) is 55.3 cm³/mol. The van der Waals surface area contributed by atoms with Crippen LogP contribution in [0.3, 0.4) is 0 Å². The van der Waals surface area contributed by atoms with E-state index in [0.29, 0.717) is 24.0 Å². The summed E-state index contributed by atoms with van der Waals surface area (Å²) < 4.78 is 0. The monoisotopic (exact) mass is 207 g/mol. The quantitative estimate of drug-likeness (QED) is 0.596. The van der Waals surface area contributed by atoms with E-state index in [1.165, 1.54) is 6.07 Å². The van der Waals surface area contributed by atoms with Gasteiger partial charge in [0.2, 0.25) is 0 Å². The van der Waals surface area contributed by atoms with Gasteiger partial charge in [-0.15, -0.1) is 0 Å². The van der Waals surface area contributed by atoms with Crippen molar-refractivity contribution in [1.29, 1.82) is 0 Å². The van der Waals surface area contributed by atoms with Gasteiger partial charge in [-0.2, -0.15) is 0 Å². The highest BCUT2D eigenvalue weighted by atomic mass is 16.3. The molecule has 1 aliphatic rings. The maximum atomic E-state index is 11.9. The lowest BCUT2D eigenvalue weighted by atomic mass is 9.86. The van der Waals surface area contributed by atoms with Gasteiger partial charge < -0.3 is 15.5 Å². The van der Waals surface area contributed by atoms with Gasteiger partial charge >= 0.3 is 0 Å². The molecule has 80 valence electrons. The fourth-order valence-electron chi connectivity index (χ4n) is 1.99. The Kier molecular flexibility index (Phi) is 2.36. The number of rotatable bonds is 1. The number of benzene rings is 1. The average Bonchev–Trinajstić information content (AvgIpc) is 2.24. The molecule has 1 atom stereocenters. The fraction of sp³-hybridized carbons (Fsp3) is 0.364. The smallest absolute Gasteiger partial charge is 0.180 e. The van der Waals surface area contributed by atoms with E-state index in [0.717, 1.165) is 0 Å². The summed E-state index contributed by atoms with van der Waals surface area (Å²) in [4.78, 5) is 11.9. The number of hydrogen-bond donors (Lipinski definition) is 3. The molecule has 0 spiro atoms. The van der Waals surface area contributed by atoms with Crippen LogP contribution in [0, 0.1) is 0 Å². The average molecular weight is 207 g/mol. The highest BCUT2D eigenvalue weighted by Gasteiger charge is 2.28. The van der Waals surface area contributed by atoms with Crippen molar-refractivity contribution >= 4 is 5.78 Å². The molecule has 0 aliphatic heterocycles. The first-order valence-electron chi connectivity index (χ1n) is 4.90. The zero-order chi connectivity index (χ0) is 11.0. The summed E-state index contributed by atoms with van der Waals surface area (Å²) in [5.41, 5.74) is 1.07. The normalized spacial score (nSPS) is 20.1. The summed E-state index contributed by atoms with van der Waals surface area (Å²) in [6.07, 6.45) is 1.26. The third-order valence-electron chi connectivity index (χ3n) is 2.87. The summed E-state index contributed by atoms with van der Waals surface area (Å²) in [6.45, 7) is 0. The van der Waals surface area contributed by atoms with Gasteiger partial charge in [0, 0.05) is 11.1 Å². The molecule has 4 heteroatoms. The van der Waals surface area contributed by atoms with Gasteiger partial charge in [0.25, 0.3) is 0 Å². The SMILES string of the molecule is CN[C@@H]1CCc2c(ccc(O)c2O)C1=O. The molecule has 0 saturated heterocycles. The summed E-state index contributed by atoms with van der Waals surface area (Å²) >= 11 is 0. The number of fused-ring (bicyclic) bond motifs is 1. The third-order valence-corrected chi connectivity index (χ3v) is 2.87. The topological polar surface area (TPSA) is 69.6 Å². The Bertz CT molecular complexity index is 415. The molecular formula is C11H13NO3. The van der Waals surface area contributed by atoms with E-state index >= 15 is 0 Å². The zero-order valence-electron chi connectivity index (χ0n) is 8.45. The molecule has 15 heavy (non-hydrogen) atoms. The number of carbonyl (C=O) groups excluding carboxylic acids is 1. The first-order chi connectivity index (χ1) is 7.15. The first-order valence-corrected chi connectivity index (χ1v) is 4.90. The van der Waals surface area contributed by atoms with Crippen LogP contribution in [0.4, 0.5) is 0 Å². The predicted octanol–water partition coefficient (Wildman–Crippen LogP) is 0.815. The number of phenols is 2. The Balaban J connectivity index is 2.50. The van der Waals surface area contributed by atoms with Gasteiger partial charge in [0.15, 0.2) is 17.3 Å². The Labute approximate surface area is 87.6 Å². The number of likely N-dealkylation sites (N-methyl/N-ethyl adjacent to an activating group) is 1. The third kappa shape index (κ3) is 1.47. The molecule has 0 saturated carbocycles. The van der Waals surface area contributed by atoms with E-state index in [1.54, 1.807) is 13.1 Å². The van der Waals surface area contributed by atoms with Crippen LogP contribution in [0.5, 0.6) is 11.5 Å². The summed E-state index contributed by atoms with van der Waals surface area (Å²) in [6, 6.07) is 2.74. The van der Waals surface area contributed by atoms with Crippen molar-refractivity contribution in [2.45, 2.75) is 18.9 Å². The van der Waals surface area contributed by atoms with E-state index in [4.69, 9.17) is 0 Å². The van der Waals surface area contributed by atoms with Gasteiger partial charge in [-0.05, 0) is 32.0 Å². The van der Waals surface area contributed by atoms with E-state index in [1.807, 2.05) is 0 Å². The van der Waals surface area contributed by atoms with Crippen molar-refractivity contribution < 1.29 is 15.0 Å². The van der Waals surface area contributed by atoms with Crippen LogP contribution in [-0.4, -0.2) is 29.1 Å². The maximum Gasteiger partial charge on any atom is 0.180 e. The molecular weight excluding hydrogens is 194 g/mol. The minimum Gasteiger partial charge on any atom is -0.504 e. The second-order valence-electron chi connectivity index (χ2n) is 3.70. The minimum absolute atomic E-state index is 0.0194. The number of carbonyl (C=O) groups is 1. The number of aromatic hydroxyl groups is 2. The maximum absolute atomic E-state index is 11.9. The van der Waals surface area contributed by atoms with Gasteiger partial charge in [-0.25, -0.2) is 0 Å². The van der Waals surface area contributed by atoms with Crippen molar-refractivity contribution in [1.82, 2.24) is 5.32 Å². The van der Waals surface area contributed by atoms with Crippen LogP contribution < -0.4 is 5.32 Å². The lowest BCUT2D eigenvalue weighted by Gasteiger charge is -2.23. The number of nitrogens with one attached hydrogen (secondary N) is 1. The van der Waals surface area contributed by atoms with Crippen molar-refractivity contribution in [2.75, 3.05) is 7.05 Å². The first kappa shape index (κ1) is 9.98. The zero-order valence-corrected chi connectivity index (χ0v) is 8.45. The van der Waals surface area contributed by atoms with Gasteiger partial charge in [-0.3, -0.25) is 4.79 Å². The van der Waals surface area contributed by atoms with Gasteiger partial charge in [0.05, 0.1) is 6.04 Å². The van der Waals surface area contributed by atoms with Crippen LogP contribution >= 0.6 is 0 Å². The molecule has 0 radical (unpaired) electrons. The van der Waals surface area contributed by atoms with Crippen molar-refractivity contribution in [3.05, 3.63) is 23.3 Å². The van der Waals surface area contributed by atoms with E-state index in [2.05, 4.69) is 5.32 Å². The molecule has 0 aromatic heterocycles. The van der Waals surface area contributed by atoms with E-state index in [-0.39, 0.29) is 23.3 Å². The number of hydrogen-bond acceptors (Lipinski definition) is 4. The second-order valence-corrected chi connectivity index (χ2v) is 3.70. The van der Waals surface area contributed by atoms with Crippen LogP contribution in [-0.2, 0) is 6.42 Å². The Morgan fingerprint density at radius 2 is 2.13 bits per heavy atom. The highest BCUT2D eigenvalue weighted by Crippen LogP contribution is 2.35. The van der Waals surface area contributed by atoms with E-state index < -0.39 is 0 Å². The molecule has 0 amide bonds. The molecule has 0 unspecified atom stereocenters. The molecule has 2 rings (SSSR count). The number of ketones is 1. The van der Waals surface area contributed by atoms with E-state index in [9.17, 15) is 15.0 Å². The van der Waals surface area contributed by atoms with Crippen LogP contribution in [0.1, 0.15) is 22.3 Å². The second kappa shape index (κ2) is 3.55. The van der Waals surface area contributed by atoms with Crippen LogP contribution in [0.2, 0.25) is 0 Å². The fourth-order valence-corrected chi connectivity index (χ4v) is 1.99. The van der Waals surface area contributed by atoms with Crippen molar-refractivity contribution in [2.24, 2.45) is 0 Å². The van der Waals surface area contributed by atoms with Crippen molar-refractivity contribution in [3.63, 3.8) is 0 Å². The largest absolute Gasteiger partial charge is 0.504 e. The molecule has 0 bridgehead atoms. The lowest BCUT2D eigenvalue weighted by Crippen LogP contribution is -2.37. The van der Waals surface area contributed by atoms with Crippen LogP contribution in [0.25, 0.3) is 0 Å². The lowest BCUT2D eigenvalue weighted by molar-refractivity contribution is 0.0932. The van der Waals surface area contributed by atoms with Gasteiger partial charge in [0.1, 0.15) is 0 Å². The number of Topliss-reactive ketones (excluding diaryl/α,β-unsaturated/α-hetero) is 1.